The van der Waals surface area contributed by atoms with Crippen LogP contribution in [-0.2, 0) is 14.4 Å². The van der Waals surface area contributed by atoms with Gasteiger partial charge in [0.15, 0.2) is 0 Å². The van der Waals surface area contributed by atoms with Crippen LogP contribution in [0, 0.1) is 11.8 Å². The van der Waals surface area contributed by atoms with Crippen LogP contribution in [0.1, 0.15) is 19.8 Å². The Balaban J connectivity index is 1.71. The van der Waals surface area contributed by atoms with Gasteiger partial charge in [-0.1, -0.05) is 17.7 Å². The van der Waals surface area contributed by atoms with Crippen molar-refractivity contribution in [3.05, 3.63) is 35.4 Å². The van der Waals surface area contributed by atoms with Crippen molar-refractivity contribution >= 4 is 35.0 Å². The van der Waals surface area contributed by atoms with Crippen LogP contribution in [-0.4, -0.2) is 35.8 Å². The number of carbonyl (C=O) groups excluding carboxylic acids is 3. The average Bonchev–Trinajstić information content (AvgIpc) is 2.85. The zero-order valence-corrected chi connectivity index (χ0v) is 14.7. The van der Waals surface area contributed by atoms with Crippen molar-refractivity contribution < 1.29 is 19.1 Å². The molecule has 0 radical (unpaired) electrons. The fraction of sp³-hybridized carbons (Fsp3) is 0.389. The summed E-state index contributed by atoms with van der Waals surface area (Å²) >= 11 is 6.01. The molecule has 1 heterocycles. The quantitative estimate of drug-likeness (QED) is 0.835. The van der Waals surface area contributed by atoms with Crippen LogP contribution in [0.15, 0.2) is 35.4 Å². The molecule has 1 aromatic carbocycles. The van der Waals surface area contributed by atoms with Crippen molar-refractivity contribution in [2.45, 2.75) is 25.8 Å². The van der Waals surface area contributed by atoms with Gasteiger partial charge in [0.05, 0.1) is 18.9 Å². The van der Waals surface area contributed by atoms with Crippen LogP contribution in [0.3, 0.4) is 0 Å². The molecule has 1 aliphatic heterocycles. The van der Waals surface area contributed by atoms with Gasteiger partial charge in [0.2, 0.25) is 17.7 Å². The van der Waals surface area contributed by atoms with E-state index in [4.69, 9.17) is 16.3 Å². The van der Waals surface area contributed by atoms with Crippen LogP contribution in [0.2, 0.25) is 0 Å². The lowest BCUT2D eigenvalue weighted by Gasteiger charge is -2.22. The first-order valence-electron chi connectivity index (χ1n) is 8.08. The monoisotopic (exact) mass is 362 g/mol. The summed E-state index contributed by atoms with van der Waals surface area (Å²) in [5.74, 6) is -1.23. The largest absolute Gasteiger partial charge is 0.497 e. The number of imide groups is 1. The molecule has 25 heavy (non-hydrogen) atoms. The van der Waals surface area contributed by atoms with Crippen LogP contribution < -0.4 is 10.1 Å². The normalized spacial score (nSPS) is 23.8. The van der Waals surface area contributed by atoms with Crippen molar-refractivity contribution in [1.29, 1.82) is 0 Å². The van der Waals surface area contributed by atoms with E-state index in [1.54, 1.807) is 44.4 Å². The Hall–Kier alpha value is -2.34. The highest BCUT2D eigenvalue weighted by Crippen LogP contribution is 2.39. The molecule has 0 spiro atoms. The van der Waals surface area contributed by atoms with Crippen molar-refractivity contribution in [3.63, 3.8) is 0 Å². The number of allylic oxidation sites excluding steroid dienone is 2. The van der Waals surface area contributed by atoms with Crippen molar-refractivity contribution in [1.82, 2.24) is 4.90 Å². The molecule has 3 atom stereocenters. The van der Waals surface area contributed by atoms with Crippen LogP contribution >= 0.6 is 11.6 Å². The second kappa shape index (κ2) is 6.88. The SMILES string of the molecule is COc1ccc(NC(=O)[C@H](C)N2C(=O)[C@H]3CC=C(Cl)C[C@@H]3C2=O)cc1. The van der Waals surface area contributed by atoms with Crippen LogP contribution in [0.4, 0.5) is 5.69 Å². The Kier molecular flexibility index (Phi) is 4.81. The van der Waals surface area contributed by atoms with Gasteiger partial charge in [0, 0.05) is 10.7 Å². The number of hydrogen-bond acceptors (Lipinski definition) is 4. The van der Waals surface area contributed by atoms with E-state index in [2.05, 4.69) is 5.32 Å². The maximum atomic E-state index is 12.6. The van der Waals surface area contributed by atoms with E-state index in [-0.39, 0.29) is 11.8 Å². The fourth-order valence-electron chi connectivity index (χ4n) is 3.27. The van der Waals surface area contributed by atoms with Gasteiger partial charge in [0.1, 0.15) is 11.8 Å². The summed E-state index contributed by atoms with van der Waals surface area (Å²) in [6.07, 6.45) is 2.58. The Morgan fingerprint density at radius 2 is 1.88 bits per heavy atom. The van der Waals surface area contributed by atoms with E-state index < -0.39 is 23.8 Å². The third-order valence-electron chi connectivity index (χ3n) is 4.73. The Bertz CT molecular complexity index is 744. The molecule has 3 amide bonds. The number of anilines is 1. The van der Waals surface area contributed by atoms with Gasteiger partial charge in [-0.05, 0) is 44.0 Å². The molecule has 3 rings (SSSR count). The molecular formula is C18H19ClN2O4. The minimum absolute atomic E-state index is 0.298. The van der Waals surface area contributed by atoms with Gasteiger partial charge in [-0.25, -0.2) is 0 Å². The first-order valence-corrected chi connectivity index (χ1v) is 8.46. The summed E-state index contributed by atoms with van der Waals surface area (Å²) in [6, 6.07) is 5.94. The molecule has 0 aromatic heterocycles. The smallest absolute Gasteiger partial charge is 0.247 e. The number of ether oxygens (including phenoxy) is 1. The molecule has 1 N–H and O–H groups in total. The van der Waals surface area contributed by atoms with E-state index in [1.807, 2.05) is 0 Å². The number of likely N-dealkylation sites (tertiary alicyclic amines) is 1. The Morgan fingerprint density at radius 1 is 1.24 bits per heavy atom. The molecular weight excluding hydrogens is 344 g/mol. The number of halogens is 1. The number of benzene rings is 1. The number of methoxy groups -OCH3 is 1. The third-order valence-corrected chi connectivity index (χ3v) is 5.04. The summed E-state index contributed by atoms with van der Waals surface area (Å²) in [4.78, 5) is 38.7. The molecule has 0 saturated carbocycles. The van der Waals surface area contributed by atoms with Gasteiger partial charge in [-0.2, -0.15) is 0 Å². The molecule has 6 nitrogen and oxygen atoms in total. The molecule has 0 bridgehead atoms. The number of rotatable bonds is 4. The number of hydrogen-bond donors (Lipinski definition) is 1. The summed E-state index contributed by atoms with van der Waals surface area (Å²) in [7, 11) is 1.56. The molecule has 1 fully saturated rings. The standard InChI is InChI=1S/C18H19ClN2O4/c1-10(16(22)20-12-4-6-13(25-2)7-5-12)21-17(23)14-8-3-11(19)9-15(14)18(21)24/h3-7,10,14-15H,8-9H2,1-2H3,(H,20,22)/t10-,14-,15-/m0/s1. The topological polar surface area (TPSA) is 75.7 Å². The van der Waals surface area contributed by atoms with Crippen molar-refractivity contribution in [3.8, 4) is 5.75 Å². The maximum absolute atomic E-state index is 12.6. The second-order valence-corrected chi connectivity index (χ2v) is 6.73. The Labute approximate surface area is 150 Å². The zero-order chi connectivity index (χ0) is 18.1. The predicted octanol–water partition coefficient (Wildman–Crippen LogP) is 2.54. The molecule has 132 valence electrons. The fourth-order valence-corrected chi connectivity index (χ4v) is 3.53. The summed E-state index contributed by atoms with van der Waals surface area (Å²) in [5, 5.41) is 3.32. The molecule has 7 heteroatoms. The van der Waals surface area contributed by atoms with Crippen molar-refractivity contribution in [2.24, 2.45) is 11.8 Å². The second-order valence-electron chi connectivity index (χ2n) is 6.24. The highest BCUT2D eigenvalue weighted by Gasteiger charge is 2.51. The van der Waals surface area contributed by atoms with E-state index >= 15 is 0 Å². The highest BCUT2D eigenvalue weighted by molar-refractivity contribution is 6.30. The lowest BCUT2D eigenvalue weighted by molar-refractivity contribution is -0.146. The van der Waals surface area contributed by atoms with Crippen LogP contribution in [0.5, 0.6) is 5.75 Å². The number of amides is 3. The third kappa shape index (κ3) is 3.26. The average molecular weight is 363 g/mol. The number of nitrogens with one attached hydrogen (secondary N) is 1. The van der Waals surface area contributed by atoms with E-state index in [0.29, 0.717) is 29.3 Å². The van der Waals surface area contributed by atoms with E-state index in [1.165, 1.54) is 0 Å². The van der Waals surface area contributed by atoms with Gasteiger partial charge in [-0.3, -0.25) is 19.3 Å². The number of carbonyl (C=O) groups is 3. The lowest BCUT2D eigenvalue weighted by Crippen LogP contribution is -2.46. The predicted molar refractivity (Wildman–Crippen MR) is 93.1 cm³/mol. The number of fused-ring (bicyclic) bond motifs is 1. The Morgan fingerprint density at radius 3 is 2.52 bits per heavy atom. The summed E-state index contributed by atoms with van der Waals surface area (Å²) in [6.45, 7) is 1.56. The molecule has 1 aliphatic carbocycles. The molecule has 1 saturated heterocycles. The van der Waals surface area contributed by atoms with E-state index in [9.17, 15) is 14.4 Å². The summed E-state index contributed by atoms with van der Waals surface area (Å²) in [5.41, 5.74) is 0.568. The molecule has 0 unspecified atom stereocenters. The van der Waals surface area contributed by atoms with Crippen molar-refractivity contribution in [2.75, 3.05) is 12.4 Å². The van der Waals surface area contributed by atoms with Gasteiger partial charge in [-0.15, -0.1) is 0 Å². The molecule has 1 aromatic rings. The van der Waals surface area contributed by atoms with Gasteiger partial charge < -0.3 is 10.1 Å². The van der Waals surface area contributed by atoms with Crippen LogP contribution in [0.25, 0.3) is 0 Å². The van der Waals surface area contributed by atoms with Gasteiger partial charge in [0.25, 0.3) is 0 Å². The van der Waals surface area contributed by atoms with E-state index in [0.717, 1.165) is 4.90 Å². The first-order chi connectivity index (χ1) is 11.9. The first kappa shape index (κ1) is 17.5. The highest BCUT2D eigenvalue weighted by atomic mass is 35.5. The number of nitrogens with zero attached hydrogens (tertiary/aromatic N) is 1. The minimum Gasteiger partial charge on any atom is -0.497 e. The molecule has 2 aliphatic rings. The maximum Gasteiger partial charge on any atom is 0.247 e. The van der Waals surface area contributed by atoms with Gasteiger partial charge >= 0.3 is 0 Å². The lowest BCUT2D eigenvalue weighted by atomic mass is 9.85. The zero-order valence-electron chi connectivity index (χ0n) is 14.0. The minimum atomic E-state index is -0.883. The summed E-state index contributed by atoms with van der Waals surface area (Å²) < 4.78 is 5.07.